The second kappa shape index (κ2) is 8.76. The maximum absolute atomic E-state index is 12.6. The number of benzene rings is 1. The SMILES string of the molecule is O=C(c1ccc(Oc2ccc3c(c2)CCN(C2CCC2)CC3)nc1)N1CCCCC1. The van der Waals surface area contributed by atoms with E-state index in [4.69, 9.17) is 4.74 Å². The van der Waals surface area contributed by atoms with E-state index < -0.39 is 0 Å². The Hall–Kier alpha value is -2.40. The highest BCUT2D eigenvalue weighted by atomic mass is 16.5. The van der Waals surface area contributed by atoms with Gasteiger partial charge in [0.15, 0.2) is 0 Å². The zero-order chi connectivity index (χ0) is 20.3. The van der Waals surface area contributed by atoms with E-state index in [9.17, 15) is 4.79 Å². The van der Waals surface area contributed by atoms with Crippen molar-refractivity contribution >= 4 is 5.91 Å². The van der Waals surface area contributed by atoms with Gasteiger partial charge in [-0.15, -0.1) is 0 Å². The third kappa shape index (κ3) is 4.22. The van der Waals surface area contributed by atoms with Crippen LogP contribution in [0.2, 0.25) is 0 Å². The maximum Gasteiger partial charge on any atom is 0.255 e. The number of piperidine rings is 1. The van der Waals surface area contributed by atoms with Gasteiger partial charge in [-0.1, -0.05) is 12.5 Å². The van der Waals surface area contributed by atoms with Gasteiger partial charge in [-0.25, -0.2) is 4.98 Å². The van der Waals surface area contributed by atoms with E-state index >= 15 is 0 Å². The minimum absolute atomic E-state index is 0.0785. The van der Waals surface area contributed by atoms with Crippen molar-refractivity contribution in [2.45, 2.75) is 57.4 Å². The first-order chi connectivity index (χ1) is 14.8. The number of nitrogens with zero attached hydrogens (tertiary/aromatic N) is 3. The van der Waals surface area contributed by atoms with Crippen LogP contribution in [0, 0.1) is 0 Å². The largest absolute Gasteiger partial charge is 0.439 e. The summed E-state index contributed by atoms with van der Waals surface area (Å²) in [6, 6.07) is 10.9. The van der Waals surface area contributed by atoms with Crippen molar-refractivity contribution in [2.24, 2.45) is 0 Å². The number of hydrogen-bond acceptors (Lipinski definition) is 4. The first-order valence-corrected chi connectivity index (χ1v) is 11.6. The van der Waals surface area contributed by atoms with E-state index in [0.29, 0.717) is 11.4 Å². The lowest BCUT2D eigenvalue weighted by molar-refractivity contribution is 0.0724. The van der Waals surface area contributed by atoms with Crippen molar-refractivity contribution in [3.05, 3.63) is 53.2 Å². The molecule has 1 aromatic carbocycles. The predicted octanol–water partition coefficient (Wildman–Crippen LogP) is 4.45. The molecule has 1 saturated heterocycles. The third-order valence-corrected chi connectivity index (χ3v) is 6.95. The summed E-state index contributed by atoms with van der Waals surface area (Å²) in [6.07, 6.45) is 11.4. The van der Waals surface area contributed by atoms with Crippen LogP contribution in [0.5, 0.6) is 11.6 Å². The van der Waals surface area contributed by atoms with Gasteiger partial charge < -0.3 is 9.64 Å². The number of fused-ring (bicyclic) bond motifs is 1. The summed E-state index contributed by atoms with van der Waals surface area (Å²) in [5.74, 6) is 1.44. The average Bonchev–Trinajstić information content (AvgIpc) is 2.96. The standard InChI is InChI=1S/C25H31N3O2/c29-25(28-13-2-1-3-14-28)21-8-10-24(26-18-21)30-23-9-7-19-11-15-27(22-5-4-6-22)16-12-20(19)17-23/h7-10,17-18,22H,1-6,11-16H2. The molecule has 5 nitrogen and oxygen atoms in total. The fourth-order valence-electron chi connectivity index (χ4n) is 4.87. The van der Waals surface area contributed by atoms with Crippen molar-refractivity contribution in [3.63, 3.8) is 0 Å². The number of carbonyl (C=O) groups is 1. The topological polar surface area (TPSA) is 45.7 Å². The van der Waals surface area contributed by atoms with Crippen LogP contribution in [0.3, 0.4) is 0 Å². The van der Waals surface area contributed by atoms with Gasteiger partial charge in [0.2, 0.25) is 5.88 Å². The summed E-state index contributed by atoms with van der Waals surface area (Å²) >= 11 is 0. The molecule has 1 aromatic heterocycles. The van der Waals surface area contributed by atoms with Crippen molar-refractivity contribution in [1.29, 1.82) is 0 Å². The van der Waals surface area contributed by atoms with Gasteiger partial charge >= 0.3 is 0 Å². The summed E-state index contributed by atoms with van der Waals surface area (Å²) in [7, 11) is 0. The molecule has 0 bridgehead atoms. The molecule has 3 heterocycles. The Balaban J connectivity index is 1.23. The van der Waals surface area contributed by atoms with Gasteiger partial charge in [0.25, 0.3) is 5.91 Å². The fraction of sp³-hybridized carbons (Fsp3) is 0.520. The summed E-state index contributed by atoms with van der Waals surface area (Å²) < 4.78 is 6.02. The van der Waals surface area contributed by atoms with Crippen LogP contribution >= 0.6 is 0 Å². The molecule has 2 aromatic rings. The van der Waals surface area contributed by atoms with Crippen LogP contribution in [0.15, 0.2) is 36.5 Å². The molecular weight excluding hydrogens is 374 g/mol. The molecule has 30 heavy (non-hydrogen) atoms. The number of hydrogen-bond donors (Lipinski definition) is 0. The van der Waals surface area contributed by atoms with Crippen LogP contribution in [-0.4, -0.2) is 52.9 Å². The number of carbonyl (C=O) groups excluding carboxylic acids is 1. The third-order valence-electron chi connectivity index (χ3n) is 6.95. The number of aromatic nitrogens is 1. The van der Waals surface area contributed by atoms with E-state index in [1.165, 1.54) is 43.4 Å². The van der Waals surface area contributed by atoms with Gasteiger partial charge in [-0.3, -0.25) is 9.69 Å². The summed E-state index contributed by atoms with van der Waals surface area (Å²) in [5.41, 5.74) is 3.48. The highest BCUT2D eigenvalue weighted by molar-refractivity contribution is 5.94. The Bertz CT molecular complexity index is 886. The van der Waals surface area contributed by atoms with Crippen LogP contribution < -0.4 is 4.74 Å². The monoisotopic (exact) mass is 405 g/mol. The Morgan fingerprint density at radius 3 is 2.40 bits per heavy atom. The molecule has 2 aliphatic heterocycles. The van der Waals surface area contributed by atoms with Crippen LogP contribution in [0.4, 0.5) is 0 Å². The Kier molecular flexibility index (Phi) is 5.71. The quantitative estimate of drug-likeness (QED) is 0.754. The number of pyridine rings is 1. The molecule has 5 heteroatoms. The molecule has 0 N–H and O–H groups in total. The second-order valence-electron chi connectivity index (χ2n) is 8.89. The van der Waals surface area contributed by atoms with Gasteiger partial charge in [-0.05, 0) is 74.3 Å². The summed E-state index contributed by atoms with van der Waals surface area (Å²) in [6.45, 7) is 4.02. The van der Waals surface area contributed by atoms with Crippen LogP contribution in [-0.2, 0) is 12.8 Å². The molecule has 2 fully saturated rings. The minimum Gasteiger partial charge on any atom is -0.439 e. The summed E-state index contributed by atoms with van der Waals surface area (Å²) in [4.78, 5) is 21.6. The van der Waals surface area contributed by atoms with Gasteiger partial charge in [0.05, 0.1) is 5.56 Å². The van der Waals surface area contributed by atoms with Gasteiger partial charge in [-0.2, -0.15) is 0 Å². The normalized spacial score (nSPS) is 20.2. The second-order valence-corrected chi connectivity index (χ2v) is 8.89. The minimum atomic E-state index is 0.0785. The molecule has 1 aliphatic carbocycles. The van der Waals surface area contributed by atoms with E-state index in [1.54, 1.807) is 12.3 Å². The molecule has 158 valence electrons. The van der Waals surface area contributed by atoms with Gasteiger partial charge in [0, 0.05) is 44.5 Å². The lowest BCUT2D eigenvalue weighted by atomic mass is 9.91. The molecule has 1 amide bonds. The highest BCUT2D eigenvalue weighted by Gasteiger charge is 2.26. The van der Waals surface area contributed by atoms with Crippen molar-refractivity contribution in [2.75, 3.05) is 26.2 Å². The van der Waals surface area contributed by atoms with E-state index in [1.807, 2.05) is 17.0 Å². The van der Waals surface area contributed by atoms with Crippen molar-refractivity contribution < 1.29 is 9.53 Å². The molecule has 3 aliphatic rings. The number of likely N-dealkylation sites (tertiary alicyclic amines) is 1. The molecule has 0 radical (unpaired) electrons. The van der Waals surface area contributed by atoms with Gasteiger partial charge in [0.1, 0.15) is 5.75 Å². The van der Waals surface area contributed by atoms with Crippen molar-refractivity contribution in [3.8, 4) is 11.6 Å². The zero-order valence-electron chi connectivity index (χ0n) is 17.7. The van der Waals surface area contributed by atoms with E-state index in [0.717, 1.165) is 57.1 Å². The van der Waals surface area contributed by atoms with Crippen LogP contribution in [0.25, 0.3) is 0 Å². The number of amides is 1. The zero-order valence-corrected chi connectivity index (χ0v) is 17.7. The lowest BCUT2D eigenvalue weighted by Crippen LogP contribution is -2.41. The molecular formula is C25H31N3O2. The first-order valence-electron chi connectivity index (χ1n) is 11.6. The Morgan fingerprint density at radius 1 is 0.900 bits per heavy atom. The molecule has 0 spiro atoms. The summed E-state index contributed by atoms with van der Waals surface area (Å²) in [5, 5.41) is 0. The first kappa shape index (κ1) is 19.6. The predicted molar refractivity (Wildman–Crippen MR) is 117 cm³/mol. The lowest BCUT2D eigenvalue weighted by Gasteiger charge is -2.36. The molecule has 0 unspecified atom stereocenters. The smallest absolute Gasteiger partial charge is 0.255 e. The highest BCUT2D eigenvalue weighted by Crippen LogP contribution is 2.29. The maximum atomic E-state index is 12.6. The number of rotatable bonds is 4. The Morgan fingerprint density at radius 2 is 1.70 bits per heavy atom. The molecule has 1 saturated carbocycles. The van der Waals surface area contributed by atoms with E-state index in [2.05, 4.69) is 22.0 Å². The average molecular weight is 406 g/mol. The Labute approximate surface area is 179 Å². The van der Waals surface area contributed by atoms with E-state index in [-0.39, 0.29) is 5.91 Å². The van der Waals surface area contributed by atoms with Crippen LogP contribution in [0.1, 0.15) is 60.0 Å². The molecule has 5 rings (SSSR count). The fourth-order valence-corrected chi connectivity index (χ4v) is 4.87. The van der Waals surface area contributed by atoms with Crippen molar-refractivity contribution in [1.82, 2.24) is 14.8 Å². The molecule has 0 atom stereocenters. The number of ether oxygens (including phenoxy) is 1.